The van der Waals surface area contributed by atoms with Gasteiger partial charge in [-0.25, -0.2) is 17.6 Å². The van der Waals surface area contributed by atoms with Crippen LogP contribution in [0, 0.1) is 23.3 Å². The molecule has 0 aliphatic carbocycles. The Kier molecular flexibility index (Phi) is 7.25. The predicted octanol–water partition coefficient (Wildman–Crippen LogP) is 6.87. The molecule has 0 unspecified atom stereocenters. The molecule has 4 aromatic rings. The molecule has 2 aromatic carbocycles. The maximum absolute atomic E-state index is 13.9. The van der Waals surface area contributed by atoms with Gasteiger partial charge in [-0.2, -0.15) is 5.10 Å². The van der Waals surface area contributed by atoms with Crippen molar-refractivity contribution in [2.24, 2.45) is 0 Å². The Balaban J connectivity index is 1.40. The quantitative estimate of drug-likeness (QED) is 0.202. The van der Waals surface area contributed by atoms with E-state index in [9.17, 15) is 22.4 Å². The molecule has 0 saturated carbocycles. The van der Waals surface area contributed by atoms with Crippen molar-refractivity contribution in [3.63, 3.8) is 0 Å². The molecule has 0 spiro atoms. The molecule has 1 N–H and O–H groups in total. The number of ether oxygens (including phenoxy) is 1. The highest BCUT2D eigenvalue weighted by Gasteiger charge is 2.20. The van der Waals surface area contributed by atoms with Crippen molar-refractivity contribution in [1.82, 2.24) is 9.78 Å². The number of halogens is 7. The fourth-order valence-corrected chi connectivity index (χ4v) is 3.93. The van der Waals surface area contributed by atoms with Crippen molar-refractivity contribution in [1.29, 1.82) is 0 Å². The number of nitrogens with one attached hydrogen (secondary N) is 1. The summed E-state index contributed by atoms with van der Waals surface area (Å²) in [5, 5.41) is 7.09. The SMILES string of the molecule is O=C(Nc1ccn(Cc2c(F)c(F)cc(F)c2F)n1)c1ccc(COc2c(Cl)cc(Cl)cc2Cl)o1. The Bertz CT molecular complexity index is 1380. The molecular weight excluding hydrogens is 537 g/mol. The molecule has 35 heavy (non-hydrogen) atoms. The van der Waals surface area contributed by atoms with Crippen molar-refractivity contribution >= 4 is 46.5 Å². The first kappa shape index (κ1) is 24.9. The van der Waals surface area contributed by atoms with Gasteiger partial charge in [0.25, 0.3) is 5.91 Å². The summed E-state index contributed by atoms with van der Waals surface area (Å²) in [6.45, 7) is -0.704. The third-order valence-corrected chi connectivity index (χ3v) is 5.39. The van der Waals surface area contributed by atoms with E-state index in [4.69, 9.17) is 44.0 Å². The first-order valence-corrected chi connectivity index (χ1v) is 10.8. The average molecular weight is 549 g/mol. The number of aromatic nitrogens is 2. The Hall–Kier alpha value is -3.21. The largest absolute Gasteiger partial charge is 0.483 e. The van der Waals surface area contributed by atoms with Crippen molar-refractivity contribution in [3.05, 3.63) is 98.0 Å². The number of benzene rings is 2. The summed E-state index contributed by atoms with van der Waals surface area (Å²) in [7, 11) is 0. The van der Waals surface area contributed by atoms with Gasteiger partial charge in [-0.1, -0.05) is 34.8 Å². The minimum atomic E-state index is -1.53. The Labute approximate surface area is 209 Å². The third kappa shape index (κ3) is 5.55. The highest BCUT2D eigenvalue weighted by molar-refractivity contribution is 6.40. The van der Waals surface area contributed by atoms with Gasteiger partial charge in [-0.15, -0.1) is 0 Å². The standard InChI is InChI=1S/C22H12Cl3F4N3O3/c23-10-5-13(24)21(14(25)6-10)34-9-11-1-2-17(35-11)22(33)30-18-3-4-32(31-18)8-12-19(28)15(26)7-16(27)20(12)29/h1-7H,8-9H2,(H,30,31,33). The number of nitrogens with zero attached hydrogens (tertiary/aromatic N) is 2. The van der Waals surface area contributed by atoms with Crippen molar-refractivity contribution in [2.45, 2.75) is 13.2 Å². The lowest BCUT2D eigenvalue weighted by Gasteiger charge is -2.09. The van der Waals surface area contributed by atoms with Gasteiger partial charge in [0.2, 0.25) is 0 Å². The number of rotatable bonds is 7. The number of amides is 1. The number of carbonyl (C=O) groups excluding carboxylic acids is 1. The maximum atomic E-state index is 13.9. The van der Waals surface area contributed by atoms with E-state index in [0.29, 0.717) is 5.02 Å². The molecule has 4 rings (SSSR count). The maximum Gasteiger partial charge on any atom is 0.292 e. The summed E-state index contributed by atoms with van der Waals surface area (Å²) >= 11 is 18.0. The molecule has 13 heteroatoms. The smallest absolute Gasteiger partial charge is 0.292 e. The van der Waals surface area contributed by atoms with E-state index in [0.717, 1.165) is 4.68 Å². The van der Waals surface area contributed by atoms with Crippen LogP contribution >= 0.6 is 34.8 Å². The molecule has 0 bridgehead atoms. The number of hydrogen-bond donors (Lipinski definition) is 1. The average Bonchev–Trinajstić information content (AvgIpc) is 3.44. The van der Waals surface area contributed by atoms with Gasteiger partial charge in [0.15, 0.2) is 40.6 Å². The summed E-state index contributed by atoms with van der Waals surface area (Å²) in [4.78, 5) is 12.4. The zero-order valence-corrected chi connectivity index (χ0v) is 19.5. The highest BCUT2D eigenvalue weighted by Crippen LogP contribution is 2.36. The topological polar surface area (TPSA) is 69.3 Å². The van der Waals surface area contributed by atoms with E-state index in [2.05, 4.69) is 10.4 Å². The molecule has 6 nitrogen and oxygen atoms in total. The number of carbonyl (C=O) groups is 1. The van der Waals surface area contributed by atoms with Gasteiger partial charge < -0.3 is 14.5 Å². The second-order valence-corrected chi connectivity index (χ2v) is 8.30. The first-order chi connectivity index (χ1) is 16.6. The molecule has 0 fully saturated rings. The molecule has 2 heterocycles. The van der Waals surface area contributed by atoms with Gasteiger partial charge in [-0.05, 0) is 24.3 Å². The monoisotopic (exact) mass is 547 g/mol. The summed E-state index contributed by atoms with van der Waals surface area (Å²) in [5.41, 5.74) is -0.847. The molecule has 0 atom stereocenters. The third-order valence-electron chi connectivity index (χ3n) is 4.61. The highest BCUT2D eigenvalue weighted by atomic mass is 35.5. The summed E-state index contributed by atoms with van der Waals surface area (Å²) in [5.74, 6) is -6.42. The van der Waals surface area contributed by atoms with Gasteiger partial charge in [0.05, 0.1) is 22.2 Å². The molecule has 182 valence electrons. The Morgan fingerprint density at radius 2 is 1.66 bits per heavy atom. The molecule has 1 amide bonds. The van der Waals surface area contributed by atoms with Gasteiger partial charge in [0.1, 0.15) is 12.4 Å². The van der Waals surface area contributed by atoms with E-state index in [1.54, 1.807) is 0 Å². The van der Waals surface area contributed by atoms with Crippen molar-refractivity contribution < 1.29 is 31.5 Å². The van der Waals surface area contributed by atoms with E-state index >= 15 is 0 Å². The van der Waals surface area contributed by atoms with E-state index in [-0.39, 0.29) is 45.8 Å². The summed E-state index contributed by atoms with van der Waals surface area (Å²) < 4.78 is 66.5. The van der Waals surface area contributed by atoms with Gasteiger partial charge >= 0.3 is 0 Å². The minimum Gasteiger partial charge on any atom is -0.483 e. The lowest BCUT2D eigenvalue weighted by atomic mass is 10.2. The fraction of sp³-hybridized carbons (Fsp3) is 0.0909. The van der Waals surface area contributed by atoms with Crippen LogP contribution < -0.4 is 10.1 Å². The minimum absolute atomic E-state index is 0.00150. The molecular formula is C22H12Cl3F4N3O3. The van der Waals surface area contributed by atoms with Crippen LogP contribution in [0.5, 0.6) is 5.75 Å². The second-order valence-electron chi connectivity index (χ2n) is 7.05. The number of hydrogen-bond acceptors (Lipinski definition) is 4. The second kappa shape index (κ2) is 10.2. The molecule has 0 radical (unpaired) electrons. The van der Waals surface area contributed by atoms with Crippen LogP contribution in [0.15, 0.2) is 47.0 Å². The predicted molar refractivity (Wildman–Crippen MR) is 120 cm³/mol. The van der Waals surface area contributed by atoms with Crippen molar-refractivity contribution in [3.8, 4) is 5.75 Å². The van der Waals surface area contributed by atoms with Crippen LogP contribution in [0.1, 0.15) is 21.9 Å². The Morgan fingerprint density at radius 1 is 1.00 bits per heavy atom. The van der Waals surface area contributed by atoms with Crippen LogP contribution in [-0.2, 0) is 13.2 Å². The molecule has 2 aromatic heterocycles. The molecule has 0 aliphatic rings. The Morgan fingerprint density at radius 3 is 2.31 bits per heavy atom. The number of furan rings is 1. The molecule has 0 aliphatic heterocycles. The van der Waals surface area contributed by atoms with Crippen LogP contribution in [0.25, 0.3) is 0 Å². The molecule has 0 saturated heterocycles. The van der Waals surface area contributed by atoms with Crippen LogP contribution in [0.3, 0.4) is 0 Å². The summed E-state index contributed by atoms with van der Waals surface area (Å²) in [6.07, 6.45) is 1.26. The lowest BCUT2D eigenvalue weighted by molar-refractivity contribution is 0.0992. The number of anilines is 1. The lowest BCUT2D eigenvalue weighted by Crippen LogP contribution is -2.13. The van der Waals surface area contributed by atoms with Crippen molar-refractivity contribution in [2.75, 3.05) is 5.32 Å². The van der Waals surface area contributed by atoms with E-state index in [1.165, 1.54) is 36.5 Å². The normalized spacial score (nSPS) is 11.1. The van der Waals surface area contributed by atoms with E-state index in [1.807, 2.05) is 0 Å². The van der Waals surface area contributed by atoms with Crippen LogP contribution in [0.2, 0.25) is 15.1 Å². The van der Waals surface area contributed by atoms with Crippen LogP contribution in [-0.4, -0.2) is 15.7 Å². The zero-order valence-electron chi connectivity index (χ0n) is 17.2. The zero-order chi connectivity index (χ0) is 25.3. The van der Waals surface area contributed by atoms with Gasteiger partial charge in [0, 0.05) is 23.4 Å². The summed E-state index contributed by atoms with van der Waals surface area (Å²) in [6, 6.07) is 7.23. The van der Waals surface area contributed by atoms with Gasteiger partial charge in [-0.3, -0.25) is 9.48 Å². The van der Waals surface area contributed by atoms with E-state index < -0.39 is 41.3 Å². The first-order valence-electron chi connectivity index (χ1n) is 9.65. The van der Waals surface area contributed by atoms with Crippen LogP contribution in [0.4, 0.5) is 23.4 Å². The fourth-order valence-electron chi connectivity index (χ4n) is 3.01.